The number of anilines is 2. The molecule has 0 spiro atoms. The molecule has 1 heterocycles. The standard InChI is InChI=1S/C17H17F3N2O2/c18-17(19,20)24-16-7-3-14(4-8-16)22-11-9-21(10-12-22)13-1-5-15(23)6-2-13/h1-8,23H,9-12H2. The van der Waals surface area contributed by atoms with Crippen LogP contribution in [0.2, 0.25) is 0 Å². The van der Waals surface area contributed by atoms with Crippen molar-refractivity contribution in [3.8, 4) is 11.5 Å². The van der Waals surface area contributed by atoms with Gasteiger partial charge < -0.3 is 19.6 Å². The molecule has 0 radical (unpaired) electrons. The number of phenolic OH excluding ortho intramolecular Hbond substituents is 1. The second kappa shape index (κ2) is 6.51. The summed E-state index contributed by atoms with van der Waals surface area (Å²) < 4.78 is 40.4. The summed E-state index contributed by atoms with van der Waals surface area (Å²) in [5.74, 6) is 0.0209. The summed E-state index contributed by atoms with van der Waals surface area (Å²) in [6.45, 7) is 3.12. The van der Waals surface area contributed by atoms with Gasteiger partial charge in [0.2, 0.25) is 0 Å². The van der Waals surface area contributed by atoms with Gasteiger partial charge in [-0.15, -0.1) is 13.2 Å². The van der Waals surface area contributed by atoms with Crippen LogP contribution in [0.3, 0.4) is 0 Å². The summed E-state index contributed by atoms with van der Waals surface area (Å²) in [6, 6.07) is 13.0. The Bertz CT molecular complexity index is 664. The van der Waals surface area contributed by atoms with Gasteiger partial charge in [-0.3, -0.25) is 0 Å². The van der Waals surface area contributed by atoms with Crippen LogP contribution in [-0.2, 0) is 0 Å². The third-order valence-corrected chi connectivity index (χ3v) is 3.93. The van der Waals surface area contributed by atoms with E-state index < -0.39 is 6.36 Å². The van der Waals surface area contributed by atoms with Crippen molar-refractivity contribution in [2.75, 3.05) is 36.0 Å². The van der Waals surface area contributed by atoms with Crippen molar-refractivity contribution in [2.24, 2.45) is 0 Å². The second-order valence-electron chi connectivity index (χ2n) is 5.53. The number of ether oxygens (including phenoxy) is 1. The Morgan fingerprint density at radius 2 is 1.17 bits per heavy atom. The molecular formula is C17H17F3N2O2. The molecule has 24 heavy (non-hydrogen) atoms. The fourth-order valence-corrected chi connectivity index (χ4v) is 2.74. The molecule has 0 unspecified atom stereocenters. The Kier molecular flexibility index (Phi) is 4.42. The van der Waals surface area contributed by atoms with Gasteiger partial charge in [-0.25, -0.2) is 0 Å². The van der Waals surface area contributed by atoms with E-state index in [1.165, 1.54) is 12.1 Å². The number of nitrogens with zero attached hydrogens (tertiary/aromatic N) is 2. The molecule has 0 aromatic heterocycles. The minimum Gasteiger partial charge on any atom is -0.508 e. The van der Waals surface area contributed by atoms with Crippen molar-refractivity contribution in [1.82, 2.24) is 0 Å². The van der Waals surface area contributed by atoms with Gasteiger partial charge in [0, 0.05) is 37.6 Å². The van der Waals surface area contributed by atoms with Gasteiger partial charge in [0.25, 0.3) is 0 Å². The van der Waals surface area contributed by atoms with Crippen molar-refractivity contribution >= 4 is 11.4 Å². The molecule has 0 saturated carbocycles. The summed E-state index contributed by atoms with van der Waals surface area (Å²) in [4.78, 5) is 4.32. The van der Waals surface area contributed by atoms with Crippen LogP contribution in [0.1, 0.15) is 0 Å². The van der Waals surface area contributed by atoms with E-state index in [0.29, 0.717) is 0 Å². The Morgan fingerprint density at radius 3 is 1.58 bits per heavy atom. The fraction of sp³-hybridized carbons (Fsp3) is 0.294. The van der Waals surface area contributed by atoms with Crippen LogP contribution >= 0.6 is 0 Å². The number of alkyl halides is 3. The molecule has 0 aliphatic carbocycles. The molecule has 1 N–H and O–H groups in total. The number of hydrogen-bond donors (Lipinski definition) is 1. The van der Waals surface area contributed by atoms with Gasteiger partial charge in [0.05, 0.1) is 0 Å². The molecule has 0 bridgehead atoms. The van der Waals surface area contributed by atoms with E-state index in [1.54, 1.807) is 24.3 Å². The number of aromatic hydroxyl groups is 1. The van der Waals surface area contributed by atoms with E-state index in [2.05, 4.69) is 14.5 Å². The van der Waals surface area contributed by atoms with Gasteiger partial charge in [0.1, 0.15) is 11.5 Å². The lowest BCUT2D eigenvalue weighted by Crippen LogP contribution is -2.46. The average Bonchev–Trinajstić information content (AvgIpc) is 2.55. The van der Waals surface area contributed by atoms with E-state index >= 15 is 0 Å². The molecule has 128 valence electrons. The minimum atomic E-state index is -4.67. The van der Waals surface area contributed by atoms with Crippen molar-refractivity contribution in [2.45, 2.75) is 6.36 Å². The normalized spacial score (nSPS) is 15.5. The lowest BCUT2D eigenvalue weighted by molar-refractivity contribution is -0.274. The zero-order valence-corrected chi connectivity index (χ0v) is 12.8. The highest BCUT2D eigenvalue weighted by molar-refractivity contribution is 5.53. The number of benzene rings is 2. The lowest BCUT2D eigenvalue weighted by Gasteiger charge is -2.37. The Labute approximate surface area is 137 Å². The maximum absolute atomic E-state index is 12.2. The van der Waals surface area contributed by atoms with E-state index in [9.17, 15) is 18.3 Å². The Balaban J connectivity index is 1.59. The van der Waals surface area contributed by atoms with E-state index in [0.717, 1.165) is 37.6 Å². The predicted molar refractivity (Wildman–Crippen MR) is 85.7 cm³/mol. The van der Waals surface area contributed by atoms with Crippen LogP contribution in [0.15, 0.2) is 48.5 Å². The molecule has 2 aromatic rings. The van der Waals surface area contributed by atoms with Crippen LogP contribution in [0, 0.1) is 0 Å². The molecule has 4 nitrogen and oxygen atoms in total. The van der Waals surface area contributed by atoms with E-state index in [4.69, 9.17) is 0 Å². The van der Waals surface area contributed by atoms with Crippen LogP contribution in [0.4, 0.5) is 24.5 Å². The number of hydrogen-bond acceptors (Lipinski definition) is 4. The quantitative estimate of drug-likeness (QED) is 0.927. The van der Waals surface area contributed by atoms with Crippen molar-refractivity contribution < 1.29 is 23.0 Å². The van der Waals surface area contributed by atoms with Crippen LogP contribution in [-0.4, -0.2) is 37.6 Å². The Hall–Kier alpha value is -2.57. The first-order valence-corrected chi connectivity index (χ1v) is 7.55. The molecule has 2 aromatic carbocycles. The SMILES string of the molecule is Oc1ccc(N2CCN(c3ccc(OC(F)(F)F)cc3)CC2)cc1. The molecule has 1 aliphatic rings. The van der Waals surface area contributed by atoms with Crippen molar-refractivity contribution in [3.63, 3.8) is 0 Å². The summed E-state index contributed by atoms with van der Waals surface area (Å²) in [7, 11) is 0. The smallest absolute Gasteiger partial charge is 0.508 e. The first kappa shape index (κ1) is 16.3. The number of halogens is 3. The van der Waals surface area contributed by atoms with Crippen LogP contribution in [0.5, 0.6) is 11.5 Å². The summed E-state index contributed by atoms with van der Waals surface area (Å²) >= 11 is 0. The summed E-state index contributed by atoms with van der Waals surface area (Å²) in [5.41, 5.74) is 1.91. The molecule has 0 atom stereocenters. The van der Waals surface area contributed by atoms with Gasteiger partial charge in [-0.05, 0) is 48.5 Å². The lowest BCUT2D eigenvalue weighted by atomic mass is 10.2. The largest absolute Gasteiger partial charge is 0.573 e. The maximum atomic E-state index is 12.2. The van der Waals surface area contributed by atoms with E-state index in [-0.39, 0.29) is 11.5 Å². The second-order valence-corrected chi connectivity index (χ2v) is 5.53. The highest BCUT2D eigenvalue weighted by atomic mass is 19.4. The molecule has 0 amide bonds. The minimum absolute atomic E-state index is 0.214. The Morgan fingerprint density at radius 1 is 0.750 bits per heavy atom. The molecule has 3 rings (SSSR count). The third kappa shape index (κ3) is 4.04. The first-order chi connectivity index (χ1) is 11.4. The highest BCUT2D eigenvalue weighted by Gasteiger charge is 2.31. The predicted octanol–water partition coefficient (Wildman–Crippen LogP) is 3.62. The van der Waals surface area contributed by atoms with Crippen LogP contribution in [0.25, 0.3) is 0 Å². The summed E-state index contributed by atoms with van der Waals surface area (Å²) in [6.07, 6.45) is -4.67. The first-order valence-electron chi connectivity index (χ1n) is 7.55. The maximum Gasteiger partial charge on any atom is 0.573 e. The average molecular weight is 338 g/mol. The highest BCUT2D eigenvalue weighted by Crippen LogP contribution is 2.27. The zero-order chi connectivity index (χ0) is 17.2. The van der Waals surface area contributed by atoms with Gasteiger partial charge in [-0.2, -0.15) is 0 Å². The number of phenols is 1. The van der Waals surface area contributed by atoms with Crippen molar-refractivity contribution in [1.29, 1.82) is 0 Å². The molecule has 1 fully saturated rings. The fourth-order valence-electron chi connectivity index (χ4n) is 2.74. The molecule has 7 heteroatoms. The topological polar surface area (TPSA) is 35.9 Å². The van der Waals surface area contributed by atoms with Gasteiger partial charge >= 0.3 is 6.36 Å². The molecular weight excluding hydrogens is 321 g/mol. The van der Waals surface area contributed by atoms with Crippen LogP contribution < -0.4 is 14.5 Å². The van der Waals surface area contributed by atoms with E-state index in [1.807, 2.05) is 12.1 Å². The van der Waals surface area contributed by atoms with Gasteiger partial charge in [0.15, 0.2) is 0 Å². The summed E-state index contributed by atoms with van der Waals surface area (Å²) in [5, 5.41) is 9.33. The molecule has 1 aliphatic heterocycles. The monoisotopic (exact) mass is 338 g/mol. The number of piperazine rings is 1. The van der Waals surface area contributed by atoms with Crippen molar-refractivity contribution in [3.05, 3.63) is 48.5 Å². The number of rotatable bonds is 3. The zero-order valence-electron chi connectivity index (χ0n) is 12.8. The third-order valence-electron chi connectivity index (χ3n) is 3.93. The van der Waals surface area contributed by atoms with Gasteiger partial charge in [-0.1, -0.05) is 0 Å². The molecule has 1 saturated heterocycles.